The van der Waals surface area contributed by atoms with Crippen LogP contribution in [0.2, 0.25) is 0 Å². The minimum atomic E-state index is -1.46. The second kappa shape index (κ2) is 5.83. The maximum absolute atomic E-state index is 12.7. The Kier molecular flexibility index (Phi) is 4.32. The summed E-state index contributed by atoms with van der Waals surface area (Å²) in [6.07, 6.45) is 0.343. The molecule has 0 saturated heterocycles. The fourth-order valence-corrected chi connectivity index (χ4v) is 3.48. The first-order valence-electron chi connectivity index (χ1n) is 6.46. The molecule has 0 bridgehead atoms. The van der Waals surface area contributed by atoms with Crippen LogP contribution in [0.3, 0.4) is 0 Å². The number of carbonyl (C=O) groups excluding carboxylic acids is 2. The molecule has 1 aromatic carbocycles. The molecule has 108 valence electrons. The van der Waals surface area contributed by atoms with E-state index in [1.807, 2.05) is 0 Å². The van der Waals surface area contributed by atoms with Crippen LogP contribution in [0.25, 0.3) is 0 Å². The molecular weight excluding hydrogens is 281 g/mol. The smallest absolute Gasteiger partial charge is 0.242 e. The lowest BCUT2D eigenvalue weighted by molar-refractivity contribution is -0.118. The number of ketones is 1. The van der Waals surface area contributed by atoms with Gasteiger partial charge in [0.2, 0.25) is 5.91 Å². The van der Waals surface area contributed by atoms with Crippen LogP contribution in [0, 0.1) is 0 Å². The van der Waals surface area contributed by atoms with Gasteiger partial charge in [-0.05, 0) is 19.1 Å². The van der Waals surface area contributed by atoms with Gasteiger partial charge >= 0.3 is 0 Å². The van der Waals surface area contributed by atoms with Crippen LogP contribution in [0.1, 0.15) is 30.6 Å². The van der Waals surface area contributed by atoms with Crippen molar-refractivity contribution in [3.63, 3.8) is 0 Å². The standard InChI is InChI=1S/C14H16FNO3S/c1-3-12(17)10-4-5-13-11(8-10)16(7-6-15)14(18)9(2)20(13)19/h4-5,8-9H,3,6-7H2,1-2H3. The van der Waals surface area contributed by atoms with Crippen LogP contribution < -0.4 is 4.90 Å². The number of carbonyl (C=O) groups is 2. The third-order valence-corrected chi connectivity index (χ3v) is 4.98. The number of anilines is 1. The number of benzene rings is 1. The first-order chi connectivity index (χ1) is 9.51. The number of nitrogens with zero attached hydrogens (tertiary/aromatic N) is 1. The SMILES string of the molecule is CCC(=O)c1ccc2c(c1)N(CCF)C(=O)C(C)S2=O. The van der Waals surface area contributed by atoms with Crippen molar-refractivity contribution in [2.24, 2.45) is 0 Å². The zero-order valence-corrected chi connectivity index (χ0v) is 12.2. The van der Waals surface area contributed by atoms with E-state index < -0.39 is 22.7 Å². The van der Waals surface area contributed by atoms with Crippen molar-refractivity contribution in [1.29, 1.82) is 0 Å². The van der Waals surface area contributed by atoms with Crippen molar-refractivity contribution in [2.45, 2.75) is 30.4 Å². The molecule has 0 radical (unpaired) electrons. The summed E-state index contributed by atoms with van der Waals surface area (Å²) >= 11 is 0. The molecular formula is C14H16FNO3S. The first-order valence-corrected chi connectivity index (χ1v) is 7.67. The predicted molar refractivity (Wildman–Crippen MR) is 75.3 cm³/mol. The number of amides is 1. The first kappa shape index (κ1) is 14.8. The average molecular weight is 297 g/mol. The molecule has 0 spiro atoms. The van der Waals surface area contributed by atoms with Crippen molar-refractivity contribution in [1.82, 2.24) is 0 Å². The third-order valence-electron chi connectivity index (χ3n) is 3.35. The second-order valence-electron chi connectivity index (χ2n) is 4.58. The van der Waals surface area contributed by atoms with Gasteiger partial charge in [0, 0.05) is 12.0 Å². The fraction of sp³-hybridized carbons (Fsp3) is 0.429. The van der Waals surface area contributed by atoms with E-state index in [9.17, 15) is 18.2 Å². The van der Waals surface area contributed by atoms with E-state index >= 15 is 0 Å². The Balaban J connectivity index is 2.56. The van der Waals surface area contributed by atoms with E-state index in [-0.39, 0.29) is 18.2 Å². The lowest BCUT2D eigenvalue weighted by Crippen LogP contribution is -2.45. The number of halogens is 1. The van der Waals surface area contributed by atoms with Crippen molar-refractivity contribution in [3.05, 3.63) is 23.8 Å². The van der Waals surface area contributed by atoms with Gasteiger partial charge in [-0.2, -0.15) is 0 Å². The molecule has 2 rings (SSSR count). The topological polar surface area (TPSA) is 54.5 Å². The van der Waals surface area contributed by atoms with E-state index in [2.05, 4.69) is 0 Å². The fourth-order valence-electron chi connectivity index (χ4n) is 2.21. The summed E-state index contributed by atoms with van der Waals surface area (Å²) in [7, 11) is -1.46. The molecule has 1 aliphatic rings. The zero-order chi connectivity index (χ0) is 14.9. The summed E-state index contributed by atoms with van der Waals surface area (Å²) in [6.45, 7) is 2.54. The van der Waals surface area contributed by atoms with E-state index in [0.717, 1.165) is 0 Å². The summed E-state index contributed by atoms with van der Waals surface area (Å²) in [6, 6.07) is 4.75. The van der Waals surface area contributed by atoms with E-state index in [0.29, 0.717) is 22.6 Å². The number of Topliss-reactive ketones (excluding diaryl/α,β-unsaturated/α-hetero) is 1. The molecule has 4 nitrogen and oxygen atoms in total. The van der Waals surface area contributed by atoms with Crippen molar-refractivity contribution < 1.29 is 18.2 Å². The highest BCUT2D eigenvalue weighted by atomic mass is 32.2. The van der Waals surface area contributed by atoms with E-state index in [1.165, 1.54) is 4.90 Å². The maximum atomic E-state index is 12.7. The Hall–Kier alpha value is -1.56. The van der Waals surface area contributed by atoms with Gasteiger partial charge in [0.15, 0.2) is 5.78 Å². The molecule has 2 atom stereocenters. The molecule has 0 saturated carbocycles. The summed E-state index contributed by atoms with van der Waals surface area (Å²) in [5.74, 6) is -0.431. The number of alkyl halides is 1. The number of fused-ring (bicyclic) bond motifs is 1. The Morgan fingerprint density at radius 3 is 2.75 bits per heavy atom. The Bertz CT molecular complexity index is 588. The van der Waals surface area contributed by atoms with Crippen LogP contribution in [0.4, 0.5) is 10.1 Å². The minimum Gasteiger partial charge on any atom is -0.308 e. The summed E-state index contributed by atoms with van der Waals surface area (Å²) < 4.78 is 24.9. The van der Waals surface area contributed by atoms with E-state index in [4.69, 9.17) is 0 Å². The molecule has 1 aromatic rings. The van der Waals surface area contributed by atoms with Gasteiger partial charge in [0.25, 0.3) is 0 Å². The van der Waals surface area contributed by atoms with Gasteiger partial charge in [-0.25, -0.2) is 4.39 Å². The van der Waals surface area contributed by atoms with Crippen LogP contribution in [-0.2, 0) is 15.6 Å². The molecule has 2 unspecified atom stereocenters. The molecule has 20 heavy (non-hydrogen) atoms. The van der Waals surface area contributed by atoms with E-state index in [1.54, 1.807) is 32.0 Å². The second-order valence-corrected chi connectivity index (χ2v) is 6.32. The Morgan fingerprint density at radius 1 is 1.45 bits per heavy atom. The molecule has 0 aromatic heterocycles. The highest BCUT2D eigenvalue weighted by Gasteiger charge is 2.35. The quantitative estimate of drug-likeness (QED) is 0.800. The van der Waals surface area contributed by atoms with Gasteiger partial charge in [0.05, 0.1) is 27.9 Å². The number of rotatable bonds is 4. The maximum Gasteiger partial charge on any atom is 0.242 e. The van der Waals surface area contributed by atoms with Crippen LogP contribution >= 0.6 is 0 Å². The Labute approximate surface area is 119 Å². The molecule has 1 heterocycles. The lowest BCUT2D eigenvalue weighted by atomic mass is 10.1. The van der Waals surface area contributed by atoms with Crippen LogP contribution in [0.5, 0.6) is 0 Å². The monoisotopic (exact) mass is 297 g/mol. The number of hydrogen-bond acceptors (Lipinski definition) is 3. The van der Waals surface area contributed by atoms with Gasteiger partial charge < -0.3 is 4.90 Å². The largest absolute Gasteiger partial charge is 0.308 e. The highest BCUT2D eigenvalue weighted by Crippen LogP contribution is 2.33. The number of hydrogen-bond donors (Lipinski definition) is 0. The summed E-state index contributed by atoms with van der Waals surface area (Å²) in [4.78, 5) is 25.6. The zero-order valence-electron chi connectivity index (χ0n) is 11.4. The summed E-state index contributed by atoms with van der Waals surface area (Å²) in [5, 5.41) is -0.693. The van der Waals surface area contributed by atoms with Crippen molar-refractivity contribution in [3.8, 4) is 0 Å². The van der Waals surface area contributed by atoms with Gasteiger partial charge in [0.1, 0.15) is 11.9 Å². The van der Waals surface area contributed by atoms with Crippen molar-refractivity contribution in [2.75, 3.05) is 18.1 Å². The normalized spacial score (nSPS) is 21.8. The molecule has 0 fully saturated rings. The minimum absolute atomic E-state index is 0.0650. The van der Waals surface area contributed by atoms with Crippen LogP contribution in [-0.4, -0.2) is 34.4 Å². The van der Waals surface area contributed by atoms with Gasteiger partial charge in [-0.3, -0.25) is 13.8 Å². The molecule has 1 aliphatic heterocycles. The lowest BCUT2D eigenvalue weighted by Gasteiger charge is -2.31. The average Bonchev–Trinajstić information content (AvgIpc) is 2.48. The van der Waals surface area contributed by atoms with Crippen molar-refractivity contribution >= 4 is 28.2 Å². The summed E-state index contributed by atoms with van der Waals surface area (Å²) in [5.41, 5.74) is 0.845. The molecule has 0 N–H and O–H groups in total. The van der Waals surface area contributed by atoms with Gasteiger partial charge in [-0.1, -0.05) is 13.0 Å². The predicted octanol–water partition coefficient (Wildman–Crippen LogP) is 2.09. The molecule has 0 aliphatic carbocycles. The van der Waals surface area contributed by atoms with Crippen LogP contribution in [0.15, 0.2) is 23.1 Å². The Morgan fingerprint density at radius 2 is 2.15 bits per heavy atom. The third kappa shape index (κ3) is 2.40. The molecule has 6 heteroatoms. The van der Waals surface area contributed by atoms with Gasteiger partial charge in [-0.15, -0.1) is 0 Å². The highest BCUT2D eigenvalue weighted by molar-refractivity contribution is 7.86. The molecule has 1 amide bonds.